The van der Waals surface area contributed by atoms with E-state index in [-0.39, 0.29) is 5.02 Å². The number of benzene rings is 2. The topological polar surface area (TPSA) is 53.7 Å². The molecule has 0 saturated carbocycles. The Morgan fingerprint density at radius 1 is 1.04 bits per heavy atom. The maximum absolute atomic E-state index is 13.7. The smallest absolute Gasteiger partial charge is 0.458 e. The van der Waals surface area contributed by atoms with Gasteiger partial charge in [-0.15, -0.1) is 0 Å². The lowest BCUT2D eigenvalue weighted by atomic mass is 9.78. The summed E-state index contributed by atoms with van der Waals surface area (Å²) in [6.45, 7) is 7.87. The molecule has 2 aromatic rings. The van der Waals surface area contributed by atoms with Crippen LogP contribution >= 0.6 is 11.6 Å². The van der Waals surface area contributed by atoms with Crippen molar-refractivity contribution in [1.29, 1.82) is 0 Å². The van der Waals surface area contributed by atoms with Crippen molar-refractivity contribution in [2.75, 3.05) is 5.73 Å². The lowest BCUT2D eigenvalue weighted by Gasteiger charge is -2.32. The summed E-state index contributed by atoms with van der Waals surface area (Å²) in [6.07, 6.45) is 0. The molecule has 0 amide bonds. The van der Waals surface area contributed by atoms with E-state index in [4.69, 9.17) is 31.4 Å². The van der Waals surface area contributed by atoms with Gasteiger partial charge in [0.05, 0.1) is 16.2 Å². The van der Waals surface area contributed by atoms with Crippen molar-refractivity contribution < 1.29 is 18.4 Å². The van der Waals surface area contributed by atoms with Gasteiger partial charge in [0.25, 0.3) is 0 Å². The molecule has 3 rings (SSSR count). The fourth-order valence-corrected chi connectivity index (χ4v) is 2.60. The van der Waals surface area contributed by atoms with Crippen molar-refractivity contribution in [1.82, 2.24) is 0 Å². The summed E-state index contributed by atoms with van der Waals surface area (Å²) in [6, 6.07) is 9.42. The van der Waals surface area contributed by atoms with E-state index in [0.717, 1.165) is 0 Å². The van der Waals surface area contributed by atoms with E-state index in [1.807, 2.05) is 27.7 Å². The van der Waals surface area contributed by atoms with Gasteiger partial charge in [-0.25, -0.2) is 4.39 Å². The van der Waals surface area contributed by atoms with Gasteiger partial charge >= 0.3 is 7.12 Å². The van der Waals surface area contributed by atoms with Crippen molar-refractivity contribution in [3.63, 3.8) is 0 Å². The molecule has 1 saturated heterocycles. The first-order valence-electron chi connectivity index (χ1n) is 7.97. The SMILES string of the molecule is CC1(C)OB(c2cc(N)ccc2Oc2ccc(Cl)c(F)c2)OC1(C)C. The quantitative estimate of drug-likeness (QED) is 0.657. The highest BCUT2D eigenvalue weighted by Crippen LogP contribution is 2.37. The summed E-state index contributed by atoms with van der Waals surface area (Å²) in [5, 5.41) is 0.0378. The molecule has 4 nitrogen and oxygen atoms in total. The van der Waals surface area contributed by atoms with Gasteiger partial charge in [0, 0.05) is 17.2 Å². The number of nitrogen functional groups attached to an aromatic ring is 1. The molecular weight excluding hydrogens is 343 g/mol. The van der Waals surface area contributed by atoms with Crippen LogP contribution in [0.5, 0.6) is 11.5 Å². The number of anilines is 1. The summed E-state index contributed by atoms with van der Waals surface area (Å²) in [5.41, 5.74) is 6.14. The molecule has 7 heteroatoms. The molecule has 1 heterocycles. The second-order valence-corrected chi connectivity index (χ2v) is 7.47. The third kappa shape index (κ3) is 3.47. The van der Waals surface area contributed by atoms with Gasteiger partial charge in [-0.2, -0.15) is 0 Å². The average molecular weight is 364 g/mol. The van der Waals surface area contributed by atoms with Crippen molar-refractivity contribution in [3.05, 3.63) is 47.2 Å². The first-order chi connectivity index (χ1) is 11.6. The van der Waals surface area contributed by atoms with Crippen LogP contribution in [0.4, 0.5) is 10.1 Å². The van der Waals surface area contributed by atoms with Crippen LogP contribution in [0.25, 0.3) is 0 Å². The molecule has 0 atom stereocenters. The normalized spacial score (nSPS) is 18.4. The summed E-state index contributed by atoms with van der Waals surface area (Å²) in [7, 11) is -0.638. The molecule has 0 aliphatic carbocycles. The molecule has 1 aliphatic heterocycles. The monoisotopic (exact) mass is 363 g/mol. The minimum atomic E-state index is -0.638. The summed E-state index contributed by atoms with van der Waals surface area (Å²) < 4.78 is 31.7. The minimum Gasteiger partial charge on any atom is -0.458 e. The Labute approximate surface area is 152 Å². The molecule has 1 fully saturated rings. The zero-order chi connectivity index (χ0) is 18.4. The minimum absolute atomic E-state index is 0.0378. The van der Waals surface area contributed by atoms with Crippen LogP contribution in [-0.4, -0.2) is 18.3 Å². The van der Waals surface area contributed by atoms with E-state index in [2.05, 4.69) is 0 Å². The lowest BCUT2D eigenvalue weighted by Crippen LogP contribution is -2.41. The predicted octanol–water partition coefficient (Wildman–Crippen LogP) is 4.15. The Morgan fingerprint density at radius 3 is 2.28 bits per heavy atom. The van der Waals surface area contributed by atoms with Crippen LogP contribution in [0.3, 0.4) is 0 Å². The van der Waals surface area contributed by atoms with Gasteiger partial charge in [-0.1, -0.05) is 11.6 Å². The Hall–Kier alpha value is -1.76. The van der Waals surface area contributed by atoms with E-state index < -0.39 is 24.1 Å². The molecule has 132 valence electrons. The fourth-order valence-electron chi connectivity index (χ4n) is 2.48. The Morgan fingerprint density at radius 2 is 1.68 bits per heavy atom. The van der Waals surface area contributed by atoms with Gasteiger partial charge in [-0.3, -0.25) is 0 Å². The zero-order valence-corrected chi connectivity index (χ0v) is 15.4. The van der Waals surface area contributed by atoms with Crippen LogP contribution in [0.1, 0.15) is 27.7 Å². The summed E-state index contributed by atoms with van der Waals surface area (Å²) in [4.78, 5) is 0. The highest BCUT2D eigenvalue weighted by atomic mass is 35.5. The molecule has 25 heavy (non-hydrogen) atoms. The number of halogens is 2. The van der Waals surface area contributed by atoms with E-state index in [9.17, 15) is 4.39 Å². The Kier molecular flexibility index (Phi) is 4.48. The second kappa shape index (κ2) is 6.20. The largest absolute Gasteiger partial charge is 0.498 e. The highest BCUT2D eigenvalue weighted by molar-refractivity contribution is 6.63. The van der Waals surface area contributed by atoms with E-state index >= 15 is 0 Å². The number of ether oxygens (including phenoxy) is 1. The van der Waals surface area contributed by atoms with Gasteiger partial charge in [-0.05, 0) is 58.0 Å². The molecule has 0 radical (unpaired) electrons. The van der Waals surface area contributed by atoms with Crippen LogP contribution in [0.15, 0.2) is 36.4 Å². The van der Waals surface area contributed by atoms with Crippen molar-refractivity contribution in [2.45, 2.75) is 38.9 Å². The number of hydrogen-bond donors (Lipinski definition) is 1. The third-order valence-electron chi connectivity index (χ3n) is 4.66. The van der Waals surface area contributed by atoms with Gasteiger partial charge < -0.3 is 19.8 Å². The Balaban J connectivity index is 1.95. The molecular formula is C18H20BClFNO3. The predicted molar refractivity (Wildman–Crippen MR) is 98.1 cm³/mol. The van der Waals surface area contributed by atoms with Crippen LogP contribution in [0.2, 0.25) is 5.02 Å². The van der Waals surface area contributed by atoms with E-state index in [1.165, 1.54) is 12.1 Å². The second-order valence-electron chi connectivity index (χ2n) is 7.06. The van der Waals surface area contributed by atoms with Crippen LogP contribution in [-0.2, 0) is 9.31 Å². The molecule has 2 aromatic carbocycles. The van der Waals surface area contributed by atoms with Gasteiger partial charge in [0.15, 0.2) is 0 Å². The highest BCUT2D eigenvalue weighted by Gasteiger charge is 2.52. The number of rotatable bonds is 3. The number of nitrogens with two attached hydrogens (primary N) is 1. The molecule has 2 N–H and O–H groups in total. The van der Waals surface area contributed by atoms with Crippen molar-refractivity contribution in [3.8, 4) is 11.5 Å². The fraction of sp³-hybridized carbons (Fsp3) is 0.333. The molecule has 0 bridgehead atoms. The average Bonchev–Trinajstić information content (AvgIpc) is 2.73. The Bertz CT molecular complexity index is 797. The molecule has 0 unspecified atom stereocenters. The van der Waals surface area contributed by atoms with E-state index in [1.54, 1.807) is 24.3 Å². The van der Waals surface area contributed by atoms with Crippen LogP contribution < -0.4 is 15.9 Å². The third-order valence-corrected chi connectivity index (χ3v) is 4.97. The van der Waals surface area contributed by atoms with Crippen molar-refractivity contribution >= 4 is 29.9 Å². The molecule has 0 aromatic heterocycles. The standard InChI is InChI=1S/C18H20BClFNO3/c1-17(2)18(3,4)25-19(24-17)13-9-11(22)5-8-16(13)23-12-6-7-14(20)15(21)10-12/h5-10H,22H2,1-4H3. The van der Waals surface area contributed by atoms with Gasteiger partial charge in [0.1, 0.15) is 17.3 Å². The van der Waals surface area contributed by atoms with Gasteiger partial charge in [0.2, 0.25) is 0 Å². The maximum atomic E-state index is 13.7. The maximum Gasteiger partial charge on any atom is 0.498 e. The first-order valence-corrected chi connectivity index (χ1v) is 8.35. The van der Waals surface area contributed by atoms with Crippen molar-refractivity contribution in [2.24, 2.45) is 0 Å². The summed E-state index contributed by atoms with van der Waals surface area (Å²) >= 11 is 5.71. The van der Waals surface area contributed by atoms with E-state index in [0.29, 0.717) is 22.6 Å². The number of hydrogen-bond acceptors (Lipinski definition) is 4. The first kappa shape index (κ1) is 18.0. The molecule has 1 aliphatic rings. The summed E-state index contributed by atoms with van der Waals surface area (Å²) in [5.74, 6) is 0.255. The van der Waals surface area contributed by atoms with Crippen LogP contribution in [0, 0.1) is 5.82 Å². The lowest BCUT2D eigenvalue weighted by molar-refractivity contribution is 0.00578. The molecule has 0 spiro atoms. The zero-order valence-electron chi connectivity index (χ0n) is 14.6.